The SMILES string of the molecule is COc1cc(F)c(-c2c(NC(=O)c3ccc(OC(F)F)cc3)c(=O)n(-c3ccc(-c4ccccc4)cn3)n2C)c(F)c1. The van der Waals surface area contributed by atoms with Gasteiger partial charge in [-0.15, -0.1) is 0 Å². The molecule has 0 fully saturated rings. The molecule has 1 N–H and O–H groups in total. The Morgan fingerprint density at radius 1 is 0.905 bits per heavy atom. The fraction of sp³-hybridized carbons (Fsp3) is 0.100. The van der Waals surface area contributed by atoms with Gasteiger partial charge >= 0.3 is 6.61 Å². The van der Waals surface area contributed by atoms with Crippen molar-refractivity contribution in [2.45, 2.75) is 6.61 Å². The van der Waals surface area contributed by atoms with Crippen LogP contribution in [0.25, 0.3) is 28.2 Å². The first-order valence-electron chi connectivity index (χ1n) is 12.4. The number of rotatable bonds is 8. The standard InChI is InChI=1S/C30H22F4N4O4/c1-37-27(25-22(31)14-21(41-2)15-23(25)32)26(36-28(39)18-8-11-20(12-9-18)42-30(33)34)29(40)38(37)24-13-10-19(16-35-24)17-6-4-3-5-7-17/h3-16,30H,1-2H3,(H,36,39). The molecule has 0 spiro atoms. The van der Waals surface area contributed by atoms with Crippen LogP contribution in [0, 0.1) is 11.6 Å². The number of halogens is 4. The molecule has 2 aromatic heterocycles. The highest BCUT2D eigenvalue weighted by Crippen LogP contribution is 2.34. The van der Waals surface area contributed by atoms with Crippen molar-refractivity contribution in [2.24, 2.45) is 7.05 Å². The van der Waals surface area contributed by atoms with Crippen molar-refractivity contribution in [3.8, 4) is 39.7 Å². The maximum absolute atomic E-state index is 15.3. The molecule has 0 saturated heterocycles. The molecule has 1 amide bonds. The summed E-state index contributed by atoms with van der Waals surface area (Å²) in [4.78, 5) is 31.3. The molecule has 0 aliphatic heterocycles. The van der Waals surface area contributed by atoms with Crippen molar-refractivity contribution in [3.63, 3.8) is 0 Å². The molecule has 12 heteroatoms. The topological polar surface area (TPSA) is 87.4 Å². The van der Waals surface area contributed by atoms with Crippen LogP contribution < -0.4 is 20.3 Å². The summed E-state index contributed by atoms with van der Waals surface area (Å²) in [5.74, 6) is -3.08. The zero-order valence-electron chi connectivity index (χ0n) is 22.1. The number of hydrogen-bond donors (Lipinski definition) is 1. The van der Waals surface area contributed by atoms with Gasteiger partial charge in [0.15, 0.2) is 5.82 Å². The Morgan fingerprint density at radius 2 is 1.57 bits per heavy atom. The third kappa shape index (κ3) is 5.46. The van der Waals surface area contributed by atoms with Gasteiger partial charge < -0.3 is 14.8 Å². The molecule has 0 radical (unpaired) electrons. The first-order chi connectivity index (χ1) is 20.2. The predicted octanol–water partition coefficient (Wildman–Crippen LogP) is 6.05. The molecule has 0 unspecified atom stereocenters. The average Bonchev–Trinajstić information content (AvgIpc) is 3.21. The quantitative estimate of drug-likeness (QED) is 0.227. The van der Waals surface area contributed by atoms with Crippen molar-refractivity contribution in [1.29, 1.82) is 0 Å². The Balaban J connectivity index is 1.62. The molecule has 42 heavy (non-hydrogen) atoms. The van der Waals surface area contributed by atoms with E-state index in [9.17, 15) is 18.4 Å². The molecule has 0 aliphatic carbocycles. The highest BCUT2D eigenvalue weighted by atomic mass is 19.3. The molecule has 8 nitrogen and oxygen atoms in total. The second-order valence-corrected chi connectivity index (χ2v) is 8.96. The summed E-state index contributed by atoms with van der Waals surface area (Å²) in [6.45, 7) is -3.06. The lowest BCUT2D eigenvalue weighted by Gasteiger charge is -2.13. The minimum atomic E-state index is -3.06. The molecule has 0 aliphatic rings. The lowest BCUT2D eigenvalue weighted by Crippen LogP contribution is -2.23. The Morgan fingerprint density at radius 3 is 2.14 bits per heavy atom. The highest BCUT2D eigenvalue weighted by molar-refractivity contribution is 6.06. The van der Waals surface area contributed by atoms with E-state index in [2.05, 4.69) is 15.0 Å². The van der Waals surface area contributed by atoms with Gasteiger partial charge in [0, 0.05) is 36.5 Å². The number of carbonyl (C=O) groups is 1. The maximum Gasteiger partial charge on any atom is 0.387 e. The molecular weight excluding hydrogens is 556 g/mol. The number of carbonyl (C=O) groups excluding carboxylic acids is 1. The smallest absolute Gasteiger partial charge is 0.387 e. The van der Waals surface area contributed by atoms with Gasteiger partial charge in [0.25, 0.3) is 11.5 Å². The zero-order chi connectivity index (χ0) is 30.0. The molecular formula is C30H22F4N4O4. The summed E-state index contributed by atoms with van der Waals surface area (Å²) in [5.41, 5.74) is -0.513. The lowest BCUT2D eigenvalue weighted by molar-refractivity contribution is -0.0498. The summed E-state index contributed by atoms with van der Waals surface area (Å²) in [5, 5.41) is 2.43. The van der Waals surface area contributed by atoms with Crippen LogP contribution in [-0.4, -0.2) is 34.0 Å². The molecule has 3 aromatic carbocycles. The number of anilines is 1. The van der Waals surface area contributed by atoms with Crippen molar-refractivity contribution in [2.75, 3.05) is 12.4 Å². The van der Waals surface area contributed by atoms with Gasteiger partial charge in [-0.2, -0.15) is 13.5 Å². The molecule has 214 valence electrons. The number of nitrogens with zero attached hydrogens (tertiary/aromatic N) is 3. The first-order valence-corrected chi connectivity index (χ1v) is 12.4. The number of nitrogens with one attached hydrogen (secondary N) is 1. The Kier molecular flexibility index (Phi) is 7.78. The van der Waals surface area contributed by atoms with E-state index in [-0.39, 0.29) is 28.6 Å². The number of pyridine rings is 1. The van der Waals surface area contributed by atoms with Crippen LogP contribution in [0.3, 0.4) is 0 Å². The third-order valence-electron chi connectivity index (χ3n) is 6.41. The van der Waals surface area contributed by atoms with E-state index in [1.807, 2.05) is 30.3 Å². The van der Waals surface area contributed by atoms with Crippen LogP contribution in [0.5, 0.6) is 11.5 Å². The van der Waals surface area contributed by atoms with E-state index < -0.39 is 41.0 Å². The van der Waals surface area contributed by atoms with Crippen LogP contribution >= 0.6 is 0 Å². The van der Waals surface area contributed by atoms with Gasteiger partial charge in [0.2, 0.25) is 0 Å². The van der Waals surface area contributed by atoms with Crippen molar-refractivity contribution >= 4 is 11.6 Å². The van der Waals surface area contributed by atoms with Gasteiger partial charge in [-0.3, -0.25) is 14.3 Å². The molecule has 0 atom stereocenters. The summed E-state index contributed by atoms with van der Waals surface area (Å²) in [6.07, 6.45) is 1.54. The number of aromatic nitrogens is 3. The fourth-order valence-electron chi connectivity index (χ4n) is 4.44. The van der Waals surface area contributed by atoms with E-state index in [4.69, 9.17) is 4.74 Å². The Bertz CT molecular complexity index is 1780. The van der Waals surface area contributed by atoms with Gasteiger partial charge in [-0.05, 0) is 42.0 Å². The fourth-order valence-corrected chi connectivity index (χ4v) is 4.44. The van der Waals surface area contributed by atoms with Crippen molar-refractivity contribution in [3.05, 3.63) is 113 Å². The van der Waals surface area contributed by atoms with E-state index in [1.165, 1.54) is 31.0 Å². The van der Waals surface area contributed by atoms with Crippen LogP contribution in [-0.2, 0) is 7.05 Å². The van der Waals surface area contributed by atoms with Crippen molar-refractivity contribution < 1.29 is 31.8 Å². The Labute approximate surface area is 236 Å². The molecule has 5 aromatic rings. The van der Waals surface area contributed by atoms with Crippen molar-refractivity contribution in [1.82, 2.24) is 14.3 Å². The van der Waals surface area contributed by atoms with E-state index in [0.717, 1.165) is 40.1 Å². The van der Waals surface area contributed by atoms with Gasteiger partial charge in [-0.1, -0.05) is 30.3 Å². The summed E-state index contributed by atoms with van der Waals surface area (Å²) < 4.78 is 67.0. The van der Waals surface area contributed by atoms with Gasteiger partial charge in [0.05, 0.1) is 12.7 Å². The third-order valence-corrected chi connectivity index (χ3v) is 6.41. The van der Waals surface area contributed by atoms with Crippen LogP contribution in [0.2, 0.25) is 0 Å². The summed E-state index contributed by atoms with van der Waals surface area (Å²) in [6, 6.07) is 19.2. The van der Waals surface area contributed by atoms with Crippen LogP contribution in [0.15, 0.2) is 89.9 Å². The molecule has 0 saturated carbocycles. The first kappa shape index (κ1) is 28.1. The normalized spacial score (nSPS) is 11.0. The Hall–Kier alpha value is -5.39. The number of ether oxygens (including phenoxy) is 2. The molecule has 0 bridgehead atoms. The average molecular weight is 579 g/mol. The number of amides is 1. The minimum Gasteiger partial charge on any atom is -0.497 e. The van der Waals surface area contributed by atoms with Gasteiger partial charge in [-0.25, -0.2) is 13.8 Å². The summed E-state index contributed by atoms with van der Waals surface area (Å²) in [7, 11) is 2.63. The number of methoxy groups -OCH3 is 1. The highest BCUT2D eigenvalue weighted by Gasteiger charge is 2.28. The number of hydrogen-bond acceptors (Lipinski definition) is 5. The largest absolute Gasteiger partial charge is 0.497 e. The number of benzene rings is 3. The summed E-state index contributed by atoms with van der Waals surface area (Å²) >= 11 is 0. The second-order valence-electron chi connectivity index (χ2n) is 8.96. The van der Waals surface area contributed by atoms with E-state index >= 15 is 8.78 Å². The second kappa shape index (κ2) is 11.6. The zero-order valence-corrected chi connectivity index (χ0v) is 22.1. The van der Waals surface area contributed by atoms with E-state index in [1.54, 1.807) is 18.3 Å². The lowest BCUT2D eigenvalue weighted by atomic mass is 10.1. The monoisotopic (exact) mass is 578 g/mol. The van der Waals surface area contributed by atoms with Crippen LogP contribution in [0.1, 0.15) is 10.4 Å². The van der Waals surface area contributed by atoms with Crippen LogP contribution in [0.4, 0.5) is 23.2 Å². The maximum atomic E-state index is 15.3. The molecule has 5 rings (SSSR count). The van der Waals surface area contributed by atoms with E-state index in [0.29, 0.717) is 0 Å². The minimum absolute atomic E-state index is 0.0293. The predicted molar refractivity (Wildman–Crippen MR) is 147 cm³/mol. The molecule has 2 heterocycles. The number of alkyl halides is 2. The van der Waals surface area contributed by atoms with Gasteiger partial charge in [0.1, 0.15) is 34.5 Å².